The maximum Gasteiger partial charge on any atom is 0.244 e. The van der Waals surface area contributed by atoms with E-state index < -0.39 is 9.59 Å². The summed E-state index contributed by atoms with van der Waals surface area (Å²) in [4.78, 5) is 0. The molecule has 1 atom stereocenters. The highest BCUT2D eigenvalue weighted by atomic mass is 79.9. The van der Waals surface area contributed by atoms with Crippen LogP contribution in [0.4, 0.5) is 4.39 Å². The summed E-state index contributed by atoms with van der Waals surface area (Å²) in [6, 6.07) is 0. The van der Waals surface area contributed by atoms with Gasteiger partial charge in [-0.15, -0.1) is 0 Å². The van der Waals surface area contributed by atoms with Crippen LogP contribution in [0.1, 0.15) is 45.4 Å². The molecule has 0 bridgehead atoms. The summed E-state index contributed by atoms with van der Waals surface area (Å²) in [5, 5.41) is 9.27. The molecule has 13 heavy (non-hydrogen) atoms. The molecule has 0 saturated carbocycles. The fraction of sp³-hybridized carbons (Fsp3) is 1.00. The standard InChI is InChI=1S/C9H17Br2FO/c1-2-3-4-5-6-7-8(13)9(10,11)12/h8,13H,2-7H2,1H3. The molecule has 0 aliphatic heterocycles. The highest BCUT2D eigenvalue weighted by Gasteiger charge is 2.30. The second-order valence-corrected chi connectivity index (χ2v) is 6.63. The Morgan fingerprint density at radius 2 is 1.77 bits per heavy atom. The maximum absolute atomic E-state index is 12.9. The highest BCUT2D eigenvalue weighted by molar-refractivity contribution is 9.25. The van der Waals surface area contributed by atoms with Gasteiger partial charge in [0.15, 0.2) is 0 Å². The predicted octanol–water partition coefficient (Wildman–Crippen LogP) is 4.12. The third-order valence-electron chi connectivity index (χ3n) is 1.96. The van der Waals surface area contributed by atoms with Gasteiger partial charge in [-0.3, -0.25) is 0 Å². The van der Waals surface area contributed by atoms with Crippen molar-refractivity contribution >= 4 is 31.9 Å². The maximum atomic E-state index is 12.9. The molecule has 4 heteroatoms. The zero-order chi connectivity index (χ0) is 10.3. The lowest BCUT2D eigenvalue weighted by atomic mass is 10.1. The first-order valence-electron chi connectivity index (χ1n) is 4.73. The second-order valence-electron chi connectivity index (χ2n) is 3.26. The lowest BCUT2D eigenvalue weighted by Gasteiger charge is -2.17. The van der Waals surface area contributed by atoms with Crippen LogP contribution in [-0.2, 0) is 0 Å². The number of halogens is 3. The summed E-state index contributed by atoms with van der Waals surface area (Å²) in [6.45, 7) is 2.15. The van der Waals surface area contributed by atoms with Gasteiger partial charge in [-0.25, -0.2) is 4.39 Å². The minimum Gasteiger partial charge on any atom is -0.388 e. The van der Waals surface area contributed by atoms with Crippen molar-refractivity contribution in [1.29, 1.82) is 0 Å². The Bertz CT molecular complexity index is 125. The van der Waals surface area contributed by atoms with Crippen LogP contribution in [0, 0.1) is 0 Å². The van der Waals surface area contributed by atoms with Gasteiger partial charge in [-0.2, -0.15) is 0 Å². The smallest absolute Gasteiger partial charge is 0.244 e. The van der Waals surface area contributed by atoms with Crippen LogP contribution < -0.4 is 0 Å². The molecule has 0 spiro atoms. The van der Waals surface area contributed by atoms with Gasteiger partial charge in [0, 0.05) is 0 Å². The quantitative estimate of drug-likeness (QED) is 0.553. The van der Waals surface area contributed by atoms with Gasteiger partial charge in [-0.05, 0) is 38.3 Å². The zero-order valence-corrected chi connectivity index (χ0v) is 11.1. The molecule has 0 heterocycles. The summed E-state index contributed by atoms with van der Waals surface area (Å²) in [5.74, 6) is 0. The van der Waals surface area contributed by atoms with Crippen molar-refractivity contribution in [3.63, 3.8) is 0 Å². The number of aliphatic hydroxyl groups is 1. The molecule has 0 aliphatic rings. The average Bonchev–Trinajstić information content (AvgIpc) is 2.02. The first-order valence-corrected chi connectivity index (χ1v) is 6.32. The van der Waals surface area contributed by atoms with E-state index >= 15 is 0 Å². The monoisotopic (exact) mass is 318 g/mol. The summed E-state index contributed by atoms with van der Waals surface area (Å²) < 4.78 is 11.1. The highest BCUT2D eigenvalue weighted by Crippen LogP contribution is 2.34. The van der Waals surface area contributed by atoms with Crippen molar-refractivity contribution in [2.24, 2.45) is 0 Å². The number of rotatable bonds is 7. The molecule has 0 aromatic heterocycles. The van der Waals surface area contributed by atoms with Crippen molar-refractivity contribution in [2.75, 3.05) is 0 Å². The van der Waals surface area contributed by atoms with Gasteiger partial charge in [0.2, 0.25) is 3.49 Å². The average molecular weight is 320 g/mol. The third kappa shape index (κ3) is 7.89. The van der Waals surface area contributed by atoms with E-state index in [1.54, 1.807) is 0 Å². The molecule has 1 nitrogen and oxygen atoms in total. The molecular formula is C9H17Br2FO. The molecule has 0 fully saturated rings. The van der Waals surface area contributed by atoms with Crippen LogP contribution in [0.15, 0.2) is 0 Å². The number of unbranched alkanes of at least 4 members (excludes halogenated alkanes) is 4. The normalized spacial score (nSPS) is 14.5. The van der Waals surface area contributed by atoms with Gasteiger partial charge in [-0.1, -0.05) is 39.0 Å². The van der Waals surface area contributed by atoms with Crippen molar-refractivity contribution in [2.45, 2.75) is 55.0 Å². The largest absolute Gasteiger partial charge is 0.388 e. The van der Waals surface area contributed by atoms with Gasteiger partial charge >= 0.3 is 0 Å². The van der Waals surface area contributed by atoms with E-state index in [4.69, 9.17) is 0 Å². The SMILES string of the molecule is CCCCCCCC(O)C(F)(Br)Br. The van der Waals surface area contributed by atoms with E-state index in [1.807, 2.05) is 0 Å². The van der Waals surface area contributed by atoms with E-state index in [2.05, 4.69) is 38.8 Å². The van der Waals surface area contributed by atoms with Crippen molar-refractivity contribution in [3.05, 3.63) is 0 Å². The Kier molecular flexibility index (Phi) is 7.65. The van der Waals surface area contributed by atoms with Crippen molar-refractivity contribution in [1.82, 2.24) is 0 Å². The van der Waals surface area contributed by atoms with Crippen LogP contribution in [-0.4, -0.2) is 14.7 Å². The Morgan fingerprint density at radius 1 is 1.23 bits per heavy atom. The van der Waals surface area contributed by atoms with E-state index in [9.17, 15) is 9.50 Å². The predicted molar refractivity (Wildman–Crippen MR) is 61.1 cm³/mol. The molecule has 1 unspecified atom stereocenters. The Balaban J connectivity index is 3.32. The number of aliphatic hydroxyl groups excluding tert-OH is 1. The van der Waals surface area contributed by atoms with E-state index in [0.29, 0.717) is 6.42 Å². The third-order valence-corrected chi connectivity index (χ3v) is 3.02. The van der Waals surface area contributed by atoms with Crippen LogP contribution in [0.25, 0.3) is 0 Å². The lowest BCUT2D eigenvalue weighted by Crippen LogP contribution is -2.24. The first-order chi connectivity index (χ1) is 5.98. The molecule has 1 N–H and O–H groups in total. The summed E-state index contributed by atoms with van der Waals surface area (Å²) in [6.07, 6.45) is 5.08. The van der Waals surface area contributed by atoms with Crippen LogP contribution >= 0.6 is 31.9 Å². The van der Waals surface area contributed by atoms with Gasteiger partial charge in [0.25, 0.3) is 0 Å². The van der Waals surface area contributed by atoms with E-state index in [0.717, 1.165) is 12.8 Å². The summed E-state index contributed by atoms with van der Waals surface area (Å²) >= 11 is 5.45. The van der Waals surface area contributed by atoms with Gasteiger partial charge < -0.3 is 5.11 Å². The summed E-state index contributed by atoms with van der Waals surface area (Å²) in [7, 11) is 0. The van der Waals surface area contributed by atoms with Crippen molar-refractivity contribution < 1.29 is 9.50 Å². The number of alkyl halides is 3. The van der Waals surface area contributed by atoms with Crippen LogP contribution in [0.5, 0.6) is 0 Å². The van der Waals surface area contributed by atoms with Gasteiger partial charge in [0.1, 0.15) is 6.10 Å². The Labute approximate surface area is 96.4 Å². The van der Waals surface area contributed by atoms with Crippen LogP contribution in [0.2, 0.25) is 0 Å². The van der Waals surface area contributed by atoms with Gasteiger partial charge in [0.05, 0.1) is 0 Å². The minimum absolute atomic E-state index is 0.497. The molecule has 0 aromatic carbocycles. The van der Waals surface area contributed by atoms with E-state index in [1.165, 1.54) is 19.3 Å². The lowest BCUT2D eigenvalue weighted by molar-refractivity contribution is 0.102. The molecule has 0 rings (SSSR count). The second kappa shape index (κ2) is 7.18. The molecule has 0 amide bonds. The van der Waals surface area contributed by atoms with Crippen LogP contribution in [0.3, 0.4) is 0 Å². The molecular weight excluding hydrogens is 303 g/mol. The number of hydrogen-bond donors (Lipinski definition) is 1. The Morgan fingerprint density at radius 3 is 2.23 bits per heavy atom. The topological polar surface area (TPSA) is 20.2 Å². The van der Waals surface area contributed by atoms with Crippen molar-refractivity contribution in [3.8, 4) is 0 Å². The number of hydrogen-bond acceptors (Lipinski definition) is 1. The fourth-order valence-electron chi connectivity index (χ4n) is 1.10. The molecule has 0 saturated heterocycles. The molecule has 0 aromatic rings. The zero-order valence-electron chi connectivity index (χ0n) is 7.90. The molecule has 0 aliphatic carbocycles. The molecule has 0 radical (unpaired) electrons. The summed E-state index contributed by atoms with van der Waals surface area (Å²) in [5.41, 5.74) is 0. The molecule has 80 valence electrons. The minimum atomic E-state index is -1.81. The Hall–Kier alpha value is 0.850. The fourth-order valence-corrected chi connectivity index (χ4v) is 1.56. The van der Waals surface area contributed by atoms with E-state index in [-0.39, 0.29) is 0 Å². The first kappa shape index (κ1) is 13.8.